The van der Waals surface area contributed by atoms with Crippen molar-refractivity contribution in [2.45, 2.75) is 6.50 Å². The molecule has 0 aliphatic carbocycles. The Kier molecular flexibility index (Phi) is 2.15. The van der Waals surface area contributed by atoms with Gasteiger partial charge in [0, 0.05) is 35.4 Å². The maximum absolute atomic E-state index is 11.9. The number of anilines is 1. The fourth-order valence-corrected chi connectivity index (χ4v) is 3.11. The molecule has 1 N–H and O–H groups in total. The lowest BCUT2D eigenvalue weighted by molar-refractivity contribution is 0.250. The van der Waals surface area contributed by atoms with Crippen molar-refractivity contribution >= 4 is 16.8 Å². The summed E-state index contributed by atoms with van der Waals surface area (Å²) in [5.41, 5.74) is -1.76. The van der Waals surface area contributed by atoms with Gasteiger partial charge in [0.25, 0.3) is 0 Å². The number of benzene rings is 3. The van der Waals surface area contributed by atoms with Crippen molar-refractivity contribution < 1.29 is 23.6 Å². The summed E-state index contributed by atoms with van der Waals surface area (Å²) >= 11 is 0. The molecule has 1 aromatic heterocycles. The van der Waals surface area contributed by atoms with Crippen LogP contribution in [0.25, 0.3) is 22.2 Å². The number of nitrogens with one attached hydrogen (secondary N) is 1. The van der Waals surface area contributed by atoms with Crippen LogP contribution in [0.15, 0.2) is 81.7 Å². The molecule has 0 unspecified atom stereocenters. The van der Waals surface area contributed by atoms with Crippen LogP contribution in [0.2, 0.25) is 0 Å². The van der Waals surface area contributed by atoms with E-state index in [4.69, 9.17) is 23.6 Å². The Hall–Kier alpha value is -3.31. The number of oxazole rings is 1. The molecular weight excluding hydrogens is 362 g/mol. The molecule has 0 atom stereocenters. The molecule has 1 aliphatic rings. The first-order valence-corrected chi connectivity index (χ1v) is 8.82. The predicted molar refractivity (Wildman–Crippen MR) is 116 cm³/mol. The molecule has 1 saturated heterocycles. The summed E-state index contributed by atoms with van der Waals surface area (Å²) in [7, 11) is 0. The SMILES string of the molecule is [2H]c1c([2H])c([2H])c(-c2c([2H])c([2H])c([2H])c(C([2H])([2H])N3CCN(c4c([2H])c([2H])c([2H])c5[nH]c(=O)oc45)CC3)c2[2H])c([2H])c1[2H]. The lowest BCUT2D eigenvalue weighted by atomic mass is 10.0. The fourth-order valence-electron chi connectivity index (χ4n) is 3.11. The van der Waals surface area contributed by atoms with E-state index in [2.05, 4.69) is 4.98 Å². The lowest BCUT2D eigenvalue weighted by Gasteiger charge is -2.36. The van der Waals surface area contributed by atoms with Crippen molar-refractivity contribution in [3.8, 4) is 11.1 Å². The van der Waals surface area contributed by atoms with Gasteiger partial charge >= 0.3 is 5.76 Å². The van der Waals surface area contributed by atoms with Gasteiger partial charge in [-0.2, -0.15) is 0 Å². The topological polar surface area (TPSA) is 52.5 Å². The van der Waals surface area contributed by atoms with Crippen LogP contribution in [0.5, 0.6) is 0 Å². The summed E-state index contributed by atoms with van der Waals surface area (Å²) in [5.74, 6) is -0.866. The Morgan fingerprint density at radius 2 is 1.69 bits per heavy atom. The molecule has 146 valence electrons. The molecule has 3 aromatic carbocycles. The number of aromatic amines is 1. The summed E-state index contributed by atoms with van der Waals surface area (Å²) in [4.78, 5) is 17.1. The number of H-pyrrole nitrogens is 1. The van der Waals surface area contributed by atoms with Crippen LogP contribution in [0.4, 0.5) is 5.69 Å². The number of hydrogen-bond donors (Lipinski definition) is 1. The van der Waals surface area contributed by atoms with E-state index in [0.717, 1.165) is 0 Å². The summed E-state index contributed by atoms with van der Waals surface area (Å²) in [6.07, 6.45) is 0. The van der Waals surface area contributed by atoms with E-state index in [1.165, 1.54) is 4.90 Å². The molecule has 0 radical (unpaired) electrons. The van der Waals surface area contributed by atoms with Gasteiger partial charge in [0.2, 0.25) is 0 Å². The first-order chi connectivity index (χ1) is 20.0. The molecule has 5 rings (SSSR count). The Morgan fingerprint density at radius 1 is 0.931 bits per heavy atom. The highest BCUT2D eigenvalue weighted by Gasteiger charge is 2.20. The quantitative estimate of drug-likeness (QED) is 0.561. The maximum Gasteiger partial charge on any atom is 0.417 e. The monoisotopic (exact) mass is 399 g/mol. The molecule has 5 nitrogen and oxygen atoms in total. The Bertz CT molecular complexity index is 1850. The van der Waals surface area contributed by atoms with Crippen molar-refractivity contribution in [2.24, 2.45) is 0 Å². The minimum Gasteiger partial charge on any atom is -0.406 e. The second-order valence-corrected chi connectivity index (χ2v) is 6.28. The number of piperazine rings is 1. The normalized spacial score (nSPS) is 22.4. The third kappa shape index (κ3) is 3.69. The molecule has 0 bridgehead atoms. The average molecular weight is 400 g/mol. The van der Waals surface area contributed by atoms with Crippen molar-refractivity contribution in [1.82, 2.24) is 9.88 Å². The van der Waals surface area contributed by atoms with Gasteiger partial charge in [0.15, 0.2) is 5.58 Å². The smallest absolute Gasteiger partial charge is 0.406 e. The van der Waals surface area contributed by atoms with E-state index < -0.39 is 89.4 Å². The van der Waals surface area contributed by atoms with Gasteiger partial charge < -0.3 is 9.32 Å². The predicted octanol–water partition coefficient (Wildman–Crippen LogP) is 4.11. The Morgan fingerprint density at radius 3 is 2.52 bits per heavy atom. The van der Waals surface area contributed by atoms with Crippen LogP contribution in [-0.4, -0.2) is 36.1 Å². The molecule has 29 heavy (non-hydrogen) atoms. The zero-order valence-electron chi connectivity index (χ0n) is 29.0. The number of hydrogen-bond acceptors (Lipinski definition) is 4. The summed E-state index contributed by atoms with van der Waals surface area (Å²) in [6.45, 7) is -2.67. The highest BCUT2D eigenvalue weighted by molar-refractivity contribution is 5.86. The molecule has 2 heterocycles. The first-order valence-electron chi connectivity index (χ1n) is 15.8. The second kappa shape index (κ2) is 7.60. The lowest BCUT2D eigenvalue weighted by Crippen LogP contribution is -2.46. The number of rotatable bonds is 4. The Labute approximate surface area is 188 Å². The standard InChI is InChI=1S/C24H23N3O2/c28-24-25-21-10-5-11-22(23(21)29-24)27-14-12-26(13-15-27)17-18-6-4-9-20(16-18)19-7-2-1-3-8-19/h1-11,16H,12-15,17H2,(H,25,28)/i1D,2D,3D,4D,5D,6D,7D,8D,9D,10D,11D,16D,17D2. The van der Waals surface area contributed by atoms with E-state index in [1.807, 2.05) is 0 Å². The third-order valence-electron chi connectivity index (χ3n) is 4.47. The van der Waals surface area contributed by atoms with Gasteiger partial charge in [0.1, 0.15) is 0 Å². The third-order valence-corrected chi connectivity index (χ3v) is 4.47. The van der Waals surface area contributed by atoms with Gasteiger partial charge in [-0.1, -0.05) is 54.4 Å². The van der Waals surface area contributed by atoms with Crippen molar-refractivity contribution in [2.75, 3.05) is 31.1 Å². The van der Waals surface area contributed by atoms with Crippen LogP contribution in [0.3, 0.4) is 0 Å². The number of aromatic nitrogens is 1. The van der Waals surface area contributed by atoms with Crippen LogP contribution in [0.1, 0.15) is 24.8 Å². The first kappa shape index (κ1) is 8.20. The molecule has 0 amide bonds. The minimum atomic E-state index is -2.60. The van der Waals surface area contributed by atoms with Crippen LogP contribution in [-0.2, 0) is 6.50 Å². The minimum absolute atomic E-state index is 0.0348. The second-order valence-electron chi connectivity index (χ2n) is 6.28. The van der Waals surface area contributed by atoms with E-state index in [0.29, 0.717) is 0 Å². The molecule has 0 spiro atoms. The molecule has 1 aliphatic heterocycles. The molecule has 0 saturated carbocycles. The number of fused-ring (bicyclic) bond motifs is 1. The number of nitrogens with zero attached hydrogens (tertiary/aromatic N) is 2. The van der Waals surface area contributed by atoms with E-state index >= 15 is 0 Å². The summed E-state index contributed by atoms with van der Waals surface area (Å²) in [5, 5.41) is 0. The summed E-state index contributed by atoms with van der Waals surface area (Å²) in [6, 6.07) is -7.83. The average Bonchev–Trinajstić information content (AvgIpc) is 3.35. The van der Waals surface area contributed by atoms with Gasteiger partial charge in [0.05, 0.1) is 27.7 Å². The zero-order valence-corrected chi connectivity index (χ0v) is 15.0. The van der Waals surface area contributed by atoms with Crippen LogP contribution in [0, 0.1) is 0 Å². The zero-order chi connectivity index (χ0) is 31.9. The van der Waals surface area contributed by atoms with Crippen LogP contribution < -0.4 is 10.7 Å². The molecule has 5 heteroatoms. The van der Waals surface area contributed by atoms with E-state index in [1.54, 1.807) is 4.90 Å². The largest absolute Gasteiger partial charge is 0.417 e. The van der Waals surface area contributed by atoms with E-state index in [-0.39, 0.29) is 55.1 Å². The summed E-state index contributed by atoms with van der Waals surface area (Å²) < 4.78 is 122. The molecular formula is C24H23N3O2. The Balaban J connectivity index is 1.57. The van der Waals surface area contributed by atoms with Crippen molar-refractivity contribution in [3.63, 3.8) is 0 Å². The maximum atomic E-state index is 11.9. The van der Waals surface area contributed by atoms with Gasteiger partial charge in [-0.3, -0.25) is 9.88 Å². The van der Waals surface area contributed by atoms with E-state index in [9.17, 15) is 4.79 Å². The molecule has 4 aromatic rings. The fraction of sp³-hybridized carbons (Fsp3) is 0.208. The number of para-hydroxylation sites is 1. The van der Waals surface area contributed by atoms with Gasteiger partial charge in [-0.05, 0) is 34.8 Å². The van der Waals surface area contributed by atoms with Gasteiger partial charge in [-0.15, -0.1) is 0 Å². The highest BCUT2D eigenvalue weighted by Crippen LogP contribution is 2.26. The van der Waals surface area contributed by atoms with Gasteiger partial charge in [-0.25, -0.2) is 4.79 Å². The van der Waals surface area contributed by atoms with Crippen molar-refractivity contribution in [3.05, 3.63) is 88.6 Å². The molecule has 1 fully saturated rings. The van der Waals surface area contributed by atoms with Crippen molar-refractivity contribution in [1.29, 1.82) is 0 Å². The van der Waals surface area contributed by atoms with Crippen LogP contribution >= 0.6 is 0 Å². The highest BCUT2D eigenvalue weighted by atomic mass is 16.4.